The molecular formula is C10H17Br. The Kier molecular flexibility index (Phi) is 1.50. The minimum atomic E-state index is 0.581. The monoisotopic (exact) mass is 216 g/mol. The summed E-state index contributed by atoms with van der Waals surface area (Å²) in [4.78, 5) is 0.781. The Morgan fingerprint density at radius 1 is 1.27 bits per heavy atom. The van der Waals surface area contributed by atoms with E-state index in [0.717, 1.165) is 10.7 Å². The van der Waals surface area contributed by atoms with Crippen LogP contribution in [-0.2, 0) is 0 Å². The van der Waals surface area contributed by atoms with Crippen LogP contribution in [0.1, 0.15) is 40.0 Å². The van der Waals surface area contributed by atoms with E-state index in [4.69, 9.17) is 0 Å². The average Bonchev–Trinajstić information content (AvgIpc) is 2.20. The molecule has 3 atom stereocenters. The molecule has 0 nitrogen and oxygen atoms in total. The molecule has 0 aromatic rings. The summed E-state index contributed by atoms with van der Waals surface area (Å²) < 4.78 is 0. The predicted octanol–water partition coefficient (Wildman–Crippen LogP) is 3.60. The van der Waals surface area contributed by atoms with E-state index in [9.17, 15) is 0 Å². The van der Waals surface area contributed by atoms with Crippen LogP contribution >= 0.6 is 15.9 Å². The molecule has 2 fully saturated rings. The maximum absolute atomic E-state index is 3.83. The maximum Gasteiger partial charge on any atom is 0.0207 e. The molecule has 1 heteroatoms. The molecule has 64 valence electrons. The van der Waals surface area contributed by atoms with Gasteiger partial charge in [0, 0.05) is 4.83 Å². The van der Waals surface area contributed by atoms with Gasteiger partial charge in [-0.1, -0.05) is 36.7 Å². The van der Waals surface area contributed by atoms with E-state index < -0.39 is 0 Å². The molecule has 0 spiro atoms. The molecule has 2 aliphatic carbocycles. The zero-order valence-corrected chi connectivity index (χ0v) is 9.24. The Morgan fingerprint density at radius 3 is 2.09 bits per heavy atom. The van der Waals surface area contributed by atoms with Gasteiger partial charge in [0.05, 0.1) is 0 Å². The van der Waals surface area contributed by atoms with Crippen molar-refractivity contribution in [3.05, 3.63) is 0 Å². The summed E-state index contributed by atoms with van der Waals surface area (Å²) >= 11 is 3.83. The van der Waals surface area contributed by atoms with Crippen molar-refractivity contribution >= 4 is 15.9 Å². The first kappa shape index (κ1) is 8.10. The number of hydrogen-bond acceptors (Lipinski definition) is 0. The topological polar surface area (TPSA) is 0 Å². The Morgan fingerprint density at radius 2 is 1.91 bits per heavy atom. The predicted molar refractivity (Wildman–Crippen MR) is 51.9 cm³/mol. The highest BCUT2D eigenvalue weighted by molar-refractivity contribution is 9.09. The van der Waals surface area contributed by atoms with E-state index in [-0.39, 0.29) is 0 Å². The lowest BCUT2D eigenvalue weighted by Gasteiger charge is -2.36. The fourth-order valence-corrected chi connectivity index (χ4v) is 4.38. The molecule has 0 radical (unpaired) electrons. The van der Waals surface area contributed by atoms with Gasteiger partial charge in [-0.05, 0) is 36.0 Å². The highest BCUT2D eigenvalue weighted by atomic mass is 79.9. The van der Waals surface area contributed by atoms with Gasteiger partial charge in [-0.3, -0.25) is 0 Å². The lowest BCUT2D eigenvalue weighted by Crippen LogP contribution is -2.32. The summed E-state index contributed by atoms with van der Waals surface area (Å²) in [5.74, 6) is 0.983. The molecule has 0 aromatic carbocycles. The van der Waals surface area contributed by atoms with Crippen LogP contribution in [0.5, 0.6) is 0 Å². The van der Waals surface area contributed by atoms with Crippen LogP contribution in [0.4, 0.5) is 0 Å². The van der Waals surface area contributed by atoms with Crippen LogP contribution in [0.3, 0.4) is 0 Å². The van der Waals surface area contributed by atoms with Crippen molar-refractivity contribution in [2.24, 2.45) is 16.7 Å². The van der Waals surface area contributed by atoms with Gasteiger partial charge < -0.3 is 0 Å². The Balaban J connectivity index is 2.40. The van der Waals surface area contributed by atoms with E-state index in [1.54, 1.807) is 0 Å². The van der Waals surface area contributed by atoms with Gasteiger partial charge in [0.25, 0.3) is 0 Å². The molecule has 0 heterocycles. The Hall–Kier alpha value is 0.480. The molecule has 2 rings (SSSR count). The molecule has 0 aromatic heterocycles. The summed E-state index contributed by atoms with van der Waals surface area (Å²) in [6.45, 7) is 7.36. The zero-order chi connectivity index (χ0) is 8.28. The van der Waals surface area contributed by atoms with E-state index in [1.807, 2.05) is 0 Å². The van der Waals surface area contributed by atoms with Crippen LogP contribution in [0.25, 0.3) is 0 Å². The molecular weight excluding hydrogens is 200 g/mol. The zero-order valence-electron chi connectivity index (χ0n) is 7.65. The maximum atomic E-state index is 3.83. The highest BCUT2D eigenvalue weighted by Crippen LogP contribution is 2.67. The highest BCUT2D eigenvalue weighted by Gasteiger charge is 2.60. The lowest BCUT2D eigenvalue weighted by molar-refractivity contribution is 0.158. The third kappa shape index (κ3) is 0.760. The van der Waals surface area contributed by atoms with Crippen LogP contribution in [-0.4, -0.2) is 4.83 Å². The molecule has 0 aliphatic heterocycles. The van der Waals surface area contributed by atoms with Gasteiger partial charge in [0.15, 0.2) is 0 Å². The molecule has 2 saturated carbocycles. The van der Waals surface area contributed by atoms with Crippen molar-refractivity contribution in [3.8, 4) is 0 Å². The van der Waals surface area contributed by atoms with Crippen molar-refractivity contribution in [1.29, 1.82) is 0 Å². The third-order valence-corrected chi connectivity index (χ3v) is 6.07. The summed E-state index contributed by atoms with van der Waals surface area (Å²) in [6, 6.07) is 0. The number of halogens is 1. The second-order valence-corrected chi connectivity index (χ2v) is 6.18. The van der Waals surface area contributed by atoms with Gasteiger partial charge in [-0.15, -0.1) is 0 Å². The second-order valence-electron chi connectivity index (χ2n) is 5.08. The van der Waals surface area contributed by atoms with E-state index in [2.05, 4.69) is 36.7 Å². The third-order valence-electron chi connectivity index (χ3n) is 4.69. The molecule has 0 unspecified atom stereocenters. The van der Waals surface area contributed by atoms with Gasteiger partial charge in [-0.25, -0.2) is 0 Å². The standard InChI is InChI=1S/C10H17Br/c1-9(2)7-4-5-10(9,3)8(11)6-7/h7-8H,4-6H2,1-3H3/t7-,8-,10+/m0/s1. The van der Waals surface area contributed by atoms with Crippen molar-refractivity contribution in [1.82, 2.24) is 0 Å². The molecule has 2 aliphatic rings. The molecule has 11 heavy (non-hydrogen) atoms. The lowest BCUT2D eigenvalue weighted by atomic mass is 9.71. The summed E-state index contributed by atoms with van der Waals surface area (Å²) in [7, 11) is 0. The normalized spacial score (nSPS) is 53.5. The summed E-state index contributed by atoms with van der Waals surface area (Å²) in [5.41, 5.74) is 1.17. The largest absolute Gasteiger partial charge is 0.0884 e. The van der Waals surface area contributed by atoms with E-state index in [1.165, 1.54) is 19.3 Å². The Bertz CT molecular complexity index is 185. The fourth-order valence-electron chi connectivity index (χ4n) is 3.11. The van der Waals surface area contributed by atoms with Gasteiger partial charge in [-0.2, -0.15) is 0 Å². The number of alkyl halides is 1. The first-order chi connectivity index (χ1) is 4.98. The minimum absolute atomic E-state index is 0.581. The van der Waals surface area contributed by atoms with Gasteiger partial charge in [0.2, 0.25) is 0 Å². The quantitative estimate of drug-likeness (QED) is 0.544. The van der Waals surface area contributed by atoms with Gasteiger partial charge in [0.1, 0.15) is 0 Å². The van der Waals surface area contributed by atoms with Crippen molar-refractivity contribution < 1.29 is 0 Å². The average molecular weight is 217 g/mol. The van der Waals surface area contributed by atoms with Crippen molar-refractivity contribution in [2.75, 3.05) is 0 Å². The van der Waals surface area contributed by atoms with Gasteiger partial charge >= 0.3 is 0 Å². The van der Waals surface area contributed by atoms with E-state index in [0.29, 0.717) is 10.8 Å². The van der Waals surface area contributed by atoms with Crippen LogP contribution < -0.4 is 0 Å². The van der Waals surface area contributed by atoms with Crippen LogP contribution in [0, 0.1) is 16.7 Å². The summed E-state index contributed by atoms with van der Waals surface area (Å²) in [5, 5.41) is 0. The minimum Gasteiger partial charge on any atom is -0.0884 e. The summed E-state index contributed by atoms with van der Waals surface area (Å²) in [6.07, 6.45) is 4.30. The molecule has 2 bridgehead atoms. The number of hydrogen-bond donors (Lipinski definition) is 0. The number of fused-ring (bicyclic) bond motifs is 2. The smallest absolute Gasteiger partial charge is 0.0207 e. The fraction of sp³-hybridized carbons (Fsp3) is 1.00. The molecule has 0 amide bonds. The SMILES string of the molecule is CC1(C)[C@H]2CC[C@]1(C)[C@@H](Br)C2. The molecule has 0 saturated heterocycles. The molecule has 0 N–H and O–H groups in total. The second kappa shape index (κ2) is 2.04. The first-order valence-corrected chi connectivity index (χ1v) is 5.54. The van der Waals surface area contributed by atoms with Crippen molar-refractivity contribution in [3.63, 3.8) is 0 Å². The Labute approximate surface area is 77.9 Å². The number of rotatable bonds is 0. The van der Waals surface area contributed by atoms with E-state index >= 15 is 0 Å². The van der Waals surface area contributed by atoms with Crippen LogP contribution in [0.15, 0.2) is 0 Å². The first-order valence-electron chi connectivity index (χ1n) is 4.62. The van der Waals surface area contributed by atoms with Crippen LogP contribution in [0.2, 0.25) is 0 Å². The van der Waals surface area contributed by atoms with Crippen molar-refractivity contribution in [2.45, 2.75) is 44.9 Å².